The van der Waals surface area contributed by atoms with E-state index in [2.05, 4.69) is 15.5 Å². The van der Waals surface area contributed by atoms with E-state index in [1.165, 1.54) is 16.4 Å². The zero-order valence-electron chi connectivity index (χ0n) is 17.3. The standard InChI is InChI=1S/C22H19N5O4S/c1-13-9-18(14(2)26(13)16-5-8-20-21(10-16)31-12-30-20)19(29)11-32-22-23-24-25-27(22)15-3-6-17(28)7-4-15/h3-10,28H,11-12H2,1-2H3. The number of Topliss-reactive ketones (excluding diaryl/α,β-unsaturated/α-hetero) is 1. The van der Waals surface area contributed by atoms with E-state index in [0.717, 1.165) is 22.8 Å². The van der Waals surface area contributed by atoms with Gasteiger partial charge in [-0.15, -0.1) is 5.10 Å². The SMILES string of the molecule is Cc1cc(C(=O)CSc2nnnn2-c2ccc(O)cc2)c(C)n1-c1ccc2c(c1)OCO2. The number of carbonyl (C=O) groups excluding carboxylic acids is 1. The number of phenolic OH excluding ortho intramolecular Hbond substituents is 1. The summed E-state index contributed by atoms with van der Waals surface area (Å²) in [5.41, 5.74) is 4.06. The van der Waals surface area contributed by atoms with Crippen LogP contribution in [0.5, 0.6) is 17.2 Å². The first-order valence-corrected chi connectivity index (χ1v) is 10.8. The maximum Gasteiger partial charge on any atom is 0.231 e. The number of rotatable bonds is 6. The van der Waals surface area contributed by atoms with Gasteiger partial charge in [0.1, 0.15) is 5.75 Å². The van der Waals surface area contributed by atoms with Crippen molar-refractivity contribution < 1.29 is 19.4 Å². The number of hydrogen-bond acceptors (Lipinski definition) is 8. The number of nitrogens with zero attached hydrogens (tertiary/aromatic N) is 5. The molecule has 32 heavy (non-hydrogen) atoms. The Bertz CT molecular complexity index is 1310. The van der Waals surface area contributed by atoms with Crippen LogP contribution in [0.25, 0.3) is 11.4 Å². The van der Waals surface area contributed by atoms with E-state index < -0.39 is 0 Å². The largest absolute Gasteiger partial charge is 0.508 e. The van der Waals surface area contributed by atoms with E-state index in [0.29, 0.717) is 22.2 Å². The van der Waals surface area contributed by atoms with Crippen LogP contribution < -0.4 is 9.47 Å². The van der Waals surface area contributed by atoms with Crippen LogP contribution in [0.2, 0.25) is 0 Å². The summed E-state index contributed by atoms with van der Waals surface area (Å²) in [5, 5.41) is 21.7. The molecule has 0 bridgehead atoms. The third-order valence-electron chi connectivity index (χ3n) is 5.21. The molecule has 10 heteroatoms. The first kappa shape index (κ1) is 20.1. The monoisotopic (exact) mass is 449 g/mol. The molecule has 162 valence electrons. The fourth-order valence-corrected chi connectivity index (χ4v) is 4.47. The number of benzene rings is 2. The molecule has 5 rings (SSSR count). The van der Waals surface area contributed by atoms with Gasteiger partial charge in [0.25, 0.3) is 0 Å². The lowest BCUT2D eigenvalue weighted by atomic mass is 10.2. The quantitative estimate of drug-likeness (QED) is 0.352. The number of aromatic hydroxyl groups is 1. The molecule has 2 aromatic carbocycles. The Balaban J connectivity index is 1.36. The van der Waals surface area contributed by atoms with E-state index in [4.69, 9.17) is 9.47 Å². The molecule has 0 saturated carbocycles. The molecule has 1 N–H and O–H groups in total. The van der Waals surface area contributed by atoms with Crippen LogP contribution in [0.15, 0.2) is 53.7 Å². The van der Waals surface area contributed by atoms with Crippen LogP contribution in [0.4, 0.5) is 0 Å². The maximum absolute atomic E-state index is 13.0. The normalized spacial score (nSPS) is 12.3. The molecule has 2 aromatic heterocycles. The van der Waals surface area contributed by atoms with Crippen LogP contribution in [0.1, 0.15) is 21.7 Å². The van der Waals surface area contributed by atoms with Crippen molar-refractivity contribution >= 4 is 17.5 Å². The topological polar surface area (TPSA) is 104 Å². The van der Waals surface area contributed by atoms with Crippen molar-refractivity contribution in [1.82, 2.24) is 24.8 Å². The highest BCUT2D eigenvalue weighted by Crippen LogP contribution is 2.35. The summed E-state index contributed by atoms with van der Waals surface area (Å²) in [5.74, 6) is 1.73. The second kappa shape index (κ2) is 8.04. The molecular formula is C22H19N5O4S. The van der Waals surface area contributed by atoms with Crippen LogP contribution in [0, 0.1) is 13.8 Å². The fourth-order valence-electron chi connectivity index (χ4n) is 3.70. The molecular weight excluding hydrogens is 430 g/mol. The van der Waals surface area contributed by atoms with E-state index in [1.807, 2.05) is 42.7 Å². The van der Waals surface area contributed by atoms with Gasteiger partial charge in [0, 0.05) is 28.7 Å². The van der Waals surface area contributed by atoms with Gasteiger partial charge in [-0.05, 0) is 66.7 Å². The lowest BCUT2D eigenvalue weighted by Crippen LogP contribution is -2.07. The van der Waals surface area contributed by atoms with Crippen molar-refractivity contribution in [3.05, 3.63) is 65.5 Å². The zero-order chi connectivity index (χ0) is 22.2. The number of aromatic nitrogens is 5. The van der Waals surface area contributed by atoms with Crippen molar-refractivity contribution in [3.8, 4) is 28.6 Å². The van der Waals surface area contributed by atoms with Crippen LogP contribution in [-0.4, -0.2) is 48.2 Å². The first-order valence-electron chi connectivity index (χ1n) is 9.84. The number of aryl methyl sites for hydroxylation is 1. The smallest absolute Gasteiger partial charge is 0.231 e. The van der Waals surface area contributed by atoms with Crippen molar-refractivity contribution in [3.63, 3.8) is 0 Å². The Kier molecular flexibility index (Phi) is 5.06. The van der Waals surface area contributed by atoms with Gasteiger partial charge in [0.2, 0.25) is 11.9 Å². The molecule has 0 unspecified atom stereocenters. The summed E-state index contributed by atoms with van der Waals surface area (Å²) < 4.78 is 14.4. The van der Waals surface area contributed by atoms with Gasteiger partial charge >= 0.3 is 0 Å². The molecule has 0 radical (unpaired) electrons. The highest BCUT2D eigenvalue weighted by molar-refractivity contribution is 7.99. The molecule has 0 saturated heterocycles. The molecule has 0 aliphatic carbocycles. The second-order valence-electron chi connectivity index (χ2n) is 7.26. The molecule has 9 nitrogen and oxygen atoms in total. The van der Waals surface area contributed by atoms with E-state index in [1.54, 1.807) is 24.3 Å². The Hall–Kier alpha value is -3.79. The Labute approximate surface area is 187 Å². The number of ether oxygens (including phenoxy) is 2. The summed E-state index contributed by atoms with van der Waals surface area (Å²) in [6, 6.07) is 14.2. The minimum absolute atomic E-state index is 0.0182. The van der Waals surface area contributed by atoms with Crippen molar-refractivity contribution in [2.45, 2.75) is 19.0 Å². The predicted molar refractivity (Wildman–Crippen MR) is 117 cm³/mol. The minimum Gasteiger partial charge on any atom is -0.508 e. The third kappa shape index (κ3) is 3.58. The van der Waals surface area contributed by atoms with Crippen LogP contribution in [-0.2, 0) is 0 Å². The highest BCUT2D eigenvalue weighted by atomic mass is 32.2. The second-order valence-corrected chi connectivity index (χ2v) is 8.20. The highest BCUT2D eigenvalue weighted by Gasteiger charge is 2.20. The maximum atomic E-state index is 13.0. The lowest BCUT2D eigenvalue weighted by molar-refractivity contribution is 0.102. The van der Waals surface area contributed by atoms with Crippen molar-refractivity contribution in [1.29, 1.82) is 0 Å². The molecule has 1 aliphatic heterocycles. The van der Waals surface area contributed by atoms with Crippen LogP contribution in [0.3, 0.4) is 0 Å². The lowest BCUT2D eigenvalue weighted by Gasteiger charge is -2.10. The van der Waals surface area contributed by atoms with E-state index in [-0.39, 0.29) is 24.1 Å². The van der Waals surface area contributed by atoms with Gasteiger partial charge in [0.05, 0.1) is 11.4 Å². The average Bonchev–Trinajstić information content (AvgIpc) is 3.51. The first-order chi connectivity index (χ1) is 15.5. The Morgan fingerprint density at radius 1 is 1.06 bits per heavy atom. The minimum atomic E-state index is -0.0182. The van der Waals surface area contributed by atoms with Gasteiger partial charge in [-0.1, -0.05) is 11.8 Å². The summed E-state index contributed by atoms with van der Waals surface area (Å²) in [7, 11) is 0. The number of hydrogen-bond donors (Lipinski definition) is 1. The number of ketones is 1. The Morgan fingerprint density at radius 3 is 2.62 bits per heavy atom. The van der Waals surface area contributed by atoms with Crippen molar-refractivity contribution in [2.75, 3.05) is 12.5 Å². The van der Waals surface area contributed by atoms with Crippen molar-refractivity contribution in [2.24, 2.45) is 0 Å². The zero-order valence-corrected chi connectivity index (χ0v) is 18.2. The van der Waals surface area contributed by atoms with Gasteiger partial charge in [0.15, 0.2) is 17.3 Å². The molecule has 0 atom stereocenters. The molecule has 0 spiro atoms. The molecule has 1 aliphatic rings. The Morgan fingerprint density at radius 2 is 1.81 bits per heavy atom. The molecule has 0 fully saturated rings. The summed E-state index contributed by atoms with van der Waals surface area (Å²) in [6.07, 6.45) is 0. The molecule has 0 amide bonds. The van der Waals surface area contributed by atoms with Crippen LogP contribution >= 0.6 is 11.8 Å². The summed E-state index contributed by atoms with van der Waals surface area (Å²) >= 11 is 1.26. The molecule has 3 heterocycles. The van der Waals surface area contributed by atoms with E-state index in [9.17, 15) is 9.90 Å². The predicted octanol–water partition coefficient (Wildman–Crippen LogP) is 3.48. The van der Waals surface area contributed by atoms with Gasteiger partial charge in [-0.2, -0.15) is 4.68 Å². The number of phenols is 1. The van der Waals surface area contributed by atoms with E-state index >= 15 is 0 Å². The molecule has 4 aromatic rings. The number of carbonyl (C=O) groups is 1. The fraction of sp³-hybridized carbons (Fsp3) is 0.182. The average molecular weight is 449 g/mol. The van der Waals surface area contributed by atoms with Gasteiger partial charge in [-0.25, -0.2) is 0 Å². The summed E-state index contributed by atoms with van der Waals surface area (Å²) in [6.45, 7) is 4.11. The number of tetrazole rings is 1. The van der Waals surface area contributed by atoms with Gasteiger partial charge < -0.3 is 19.1 Å². The summed E-state index contributed by atoms with van der Waals surface area (Å²) in [4.78, 5) is 13.0. The van der Waals surface area contributed by atoms with Gasteiger partial charge in [-0.3, -0.25) is 4.79 Å². The number of thioether (sulfide) groups is 1. The number of fused-ring (bicyclic) bond motifs is 1. The third-order valence-corrected chi connectivity index (χ3v) is 6.13.